The van der Waals surface area contributed by atoms with Crippen molar-refractivity contribution in [3.8, 4) is 0 Å². The number of carbonyl (C=O) groups is 1. The highest BCUT2D eigenvalue weighted by molar-refractivity contribution is 7.92. The van der Waals surface area contributed by atoms with E-state index in [2.05, 4.69) is 15.0 Å². The van der Waals surface area contributed by atoms with Crippen LogP contribution in [0.4, 0.5) is 5.69 Å². The Labute approximate surface area is 122 Å². The van der Waals surface area contributed by atoms with E-state index in [-0.39, 0.29) is 10.6 Å². The molecule has 2 rings (SSSR count). The fourth-order valence-corrected chi connectivity index (χ4v) is 2.86. The van der Waals surface area contributed by atoms with Crippen LogP contribution in [0.15, 0.2) is 41.4 Å². The molecule has 8 heteroatoms. The zero-order chi connectivity index (χ0) is 15.5. The van der Waals surface area contributed by atoms with Crippen LogP contribution in [0.3, 0.4) is 0 Å². The summed E-state index contributed by atoms with van der Waals surface area (Å²) in [5.74, 6) is -1.22. The maximum Gasteiger partial charge on any atom is 0.352 e. The lowest BCUT2D eigenvalue weighted by Crippen LogP contribution is -2.13. The third kappa shape index (κ3) is 3.61. The zero-order valence-corrected chi connectivity index (χ0v) is 12.1. The van der Waals surface area contributed by atoms with Gasteiger partial charge in [-0.25, -0.2) is 13.2 Å². The molecule has 0 aliphatic carbocycles. The number of sulfonamides is 1. The average molecular weight is 309 g/mol. The summed E-state index contributed by atoms with van der Waals surface area (Å²) < 4.78 is 26.8. The normalized spacial score (nSPS) is 11.3. The highest BCUT2D eigenvalue weighted by Gasteiger charge is 2.18. The van der Waals surface area contributed by atoms with Crippen LogP contribution in [0.25, 0.3) is 0 Å². The first-order valence-corrected chi connectivity index (χ1v) is 7.59. The molecular formula is C13H15N3O4S. The predicted molar refractivity (Wildman–Crippen MR) is 77.8 cm³/mol. The highest BCUT2D eigenvalue weighted by atomic mass is 32.2. The molecular weight excluding hydrogens is 294 g/mol. The molecule has 0 fully saturated rings. The Balaban J connectivity index is 2.24. The van der Waals surface area contributed by atoms with E-state index in [4.69, 9.17) is 5.11 Å². The summed E-state index contributed by atoms with van der Waals surface area (Å²) in [5, 5.41) is 11.8. The van der Waals surface area contributed by atoms with Gasteiger partial charge in [-0.3, -0.25) is 4.72 Å². The second kappa shape index (κ2) is 5.98. The van der Waals surface area contributed by atoms with Gasteiger partial charge in [-0.05, 0) is 30.8 Å². The Kier molecular flexibility index (Phi) is 4.29. The Hall–Kier alpha value is -2.32. The molecule has 0 bridgehead atoms. The predicted octanol–water partition coefficient (Wildman–Crippen LogP) is 1.23. The second-order valence-electron chi connectivity index (χ2n) is 4.39. The van der Waals surface area contributed by atoms with Gasteiger partial charge >= 0.3 is 5.97 Å². The van der Waals surface area contributed by atoms with Gasteiger partial charge in [0.15, 0.2) is 0 Å². The maximum absolute atomic E-state index is 12.2. The molecule has 4 N–H and O–H groups in total. The van der Waals surface area contributed by atoms with Crippen LogP contribution >= 0.6 is 0 Å². The first-order chi connectivity index (χ1) is 9.92. The van der Waals surface area contributed by atoms with Crippen LogP contribution in [-0.2, 0) is 16.6 Å². The number of aromatic nitrogens is 1. The van der Waals surface area contributed by atoms with Crippen LogP contribution in [0.5, 0.6) is 0 Å². The highest BCUT2D eigenvalue weighted by Crippen LogP contribution is 2.18. The van der Waals surface area contributed by atoms with Crippen LogP contribution in [0.2, 0.25) is 0 Å². The van der Waals surface area contributed by atoms with Gasteiger partial charge in [0.25, 0.3) is 10.0 Å². The Bertz CT molecular complexity index is 752. The molecule has 0 aliphatic rings. The van der Waals surface area contributed by atoms with Gasteiger partial charge in [0.2, 0.25) is 0 Å². The summed E-state index contributed by atoms with van der Waals surface area (Å²) in [5.41, 5.74) is 1.16. The minimum absolute atomic E-state index is 0.126. The van der Waals surface area contributed by atoms with E-state index in [1.807, 2.05) is 6.07 Å². The Morgan fingerprint density at radius 3 is 2.71 bits per heavy atom. The van der Waals surface area contributed by atoms with Gasteiger partial charge in [0, 0.05) is 18.4 Å². The quantitative estimate of drug-likeness (QED) is 0.641. The number of hydrogen-bond donors (Lipinski definition) is 4. The lowest BCUT2D eigenvalue weighted by Gasteiger charge is -2.08. The number of aromatic carboxylic acids is 1. The fourth-order valence-electron chi connectivity index (χ4n) is 1.82. The fraction of sp³-hybridized carbons (Fsp3) is 0.154. The number of anilines is 1. The molecule has 1 aromatic carbocycles. The minimum Gasteiger partial charge on any atom is -0.477 e. The van der Waals surface area contributed by atoms with Crippen molar-refractivity contribution in [2.75, 3.05) is 11.8 Å². The summed E-state index contributed by atoms with van der Waals surface area (Å²) in [7, 11) is -2.03. The molecule has 0 atom stereocenters. The van der Waals surface area contributed by atoms with Crippen LogP contribution in [0.1, 0.15) is 16.1 Å². The summed E-state index contributed by atoms with van der Waals surface area (Å²) in [6.07, 6.45) is 1.14. The Morgan fingerprint density at radius 2 is 2.10 bits per heavy atom. The molecule has 7 nitrogen and oxygen atoms in total. The molecule has 0 aliphatic heterocycles. The first kappa shape index (κ1) is 15.1. The topological polar surface area (TPSA) is 111 Å². The third-order valence-electron chi connectivity index (χ3n) is 2.76. The van der Waals surface area contributed by atoms with Gasteiger partial charge < -0.3 is 15.4 Å². The molecule has 0 radical (unpaired) electrons. The maximum atomic E-state index is 12.2. The van der Waals surface area contributed by atoms with E-state index in [1.54, 1.807) is 25.2 Å². The molecule has 0 spiro atoms. The molecule has 0 saturated carbocycles. The largest absolute Gasteiger partial charge is 0.477 e. The lowest BCUT2D eigenvalue weighted by atomic mass is 10.2. The minimum atomic E-state index is -3.82. The molecule has 0 saturated heterocycles. The summed E-state index contributed by atoms with van der Waals surface area (Å²) in [6, 6.07) is 8.01. The number of nitrogens with one attached hydrogen (secondary N) is 3. The molecule has 0 unspecified atom stereocenters. The number of hydrogen-bond acceptors (Lipinski definition) is 4. The number of benzene rings is 1. The van der Waals surface area contributed by atoms with Gasteiger partial charge in [-0.15, -0.1) is 0 Å². The van der Waals surface area contributed by atoms with Gasteiger partial charge in [0.1, 0.15) is 10.6 Å². The van der Waals surface area contributed by atoms with Gasteiger partial charge in [0.05, 0.1) is 0 Å². The van der Waals surface area contributed by atoms with Crippen LogP contribution < -0.4 is 10.0 Å². The van der Waals surface area contributed by atoms with Crippen molar-refractivity contribution in [3.63, 3.8) is 0 Å². The second-order valence-corrected chi connectivity index (χ2v) is 6.07. The third-order valence-corrected chi connectivity index (χ3v) is 4.12. The number of carboxylic acids is 1. The zero-order valence-electron chi connectivity index (χ0n) is 11.3. The van der Waals surface area contributed by atoms with E-state index in [9.17, 15) is 13.2 Å². The average Bonchev–Trinajstić information content (AvgIpc) is 2.89. The van der Waals surface area contributed by atoms with Gasteiger partial charge in [-0.1, -0.05) is 12.1 Å². The van der Waals surface area contributed by atoms with Crippen molar-refractivity contribution >= 4 is 21.7 Å². The summed E-state index contributed by atoms with van der Waals surface area (Å²) >= 11 is 0. The van der Waals surface area contributed by atoms with E-state index < -0.39 is 16.0 Å². The van der Waals surface area contributed by atoms with Crippen molar-refractivity contribution in [3.05, 3.63) is 47.8 Å². The number of rotatable bonds is 6. The van der Waals surface area contributed by atoms with E-state index in [0.29, 0.717) is 12.2 Å². The van der Waals surface area contributed by atoms with Crippen LogP contribution in [0, 0.1) is 0 Å². The molecule has 112 valence electrons. The summed E-state index contributed by atoms with van der Waals surface area (Å²) in [6.45, 7) is 0.614. The number of H-pyrrole nitrogens is 1. The van der Waals surface area contributed by atoms with Crippen molar-refractivity contribution in [1.82, 2.24) is 10.3 Å². The monoisotopic (exact) mass is 309 g/mol. The molecule has 0 amide bonds. The van der Waals surface area contributed by atoms with Crippen molar-refractivity contribution < 1.29 is 18.3 Å². The smallest absolute Gasteiger partial charge is 0.352 e. The molecule has 2 aromatic rings. The van der Waals surface area contributed by atoms with E-state index >= 15 is 0 Å². The lowest BCUT2D eigenvalue weighted by molar-refractivity contribution is 0.0691. The molecule has 1 heterocycles. The van der Waals surface area contributed by atoms with Gasteiger partial charge in [-0.2, -0.15) is 0 Å². The van der Waals surface area contributed by atoms with Crippen molar-refractivity contribution in [2.45, 2.75) is 11.4 Å². The molecule has 21 heavy (non-hydrogen) atoms. The number of carboxylic acid groups (broad SMARTS) is 1. The van der Waals surface area contributed by atoms with E-state index in [0.717, 1.165) is 17.8 Å². The summed E-state index contributed by atoms with van der Waals surface area (Å²) in [4.78, 5) is 13.0. The standard InChI is InChI=1S/C13H15N3O4S/c1-14-7-9-3-2-4-10(5-9)16-21(19,20)11-6-12(13(17)18)15-8-11/h2-6,8,14-16H,7H2,1H3,(H,17,18). The van der Waals surface area contributed by atoms with E-state index in [1.165, 1.54) is 0 Å². The molecule has 1 aromatic heterocycles. The number of aromatic amines is 1. The Morgan fingerprint density at radius 1 is 1.33 bits per heavy atom. The van der Waals surface area contributed by atoms with Crippen LogP contribution in [-0.4, -0.2) is 31.5 Å². The SMILES string of the molecule is CNCc1cccc(NS(=O)(=O)c2c[nH]c(C(=O)O)c2)c1. The first-order valence-electron chi connectivity index (χ1n) is 6.10. The van der Waals surface area contributed by atoms with Crippen molar-refractivity contribution in [1.29, 1.82) is 0 Å². The van der Waals surface area contributed by atoms with Crippen molar-refractivity contribution in [2.24, 2.45) is 0 Å².